The van der Waals surface area contributed by atoms with Crippen molar-refractivity contribution in [3.05, 3.63) is 35.4 Å². The first-order valence-electron chi connectivity index (χ1n) is 6.18. The molecule has 0 unspecified atom stereocenters. The average molecular weight is 296 g/mol. The second-order valence-electron chi connectivity index (χ2n) is 4.60. The Morgan fingerprint density at radius 1 is 1.38 bits per heavy atom. The zero-order valence-corrected chi connectivity index (χ0v) is 11.3. The highest BCUT2D eigenvalue weighted by molar-refractivity contribution is 5.85. The number of carboxylic acids is 1. The zero-order valence-electron chi connectivity index (χ0n) is 11.3. The van der Waals surface area contributed by atoms with Gasteiger partial charge in [0.2, 0.25) is 5.91 Å². The Morgan fingerprint density at radius 2 is 1.95 bits per heavy atom. The van der Waals surface area contributed by atoms with Crippen molar-refractivity contribution in [1.82, 2.24) is 5.32 Å². The number of carboxylic acid groups (broad SMARTS) is 1. The molecule has 0 heterocycles. The molecule has 0 spiro atoms. The Kier molecular flexibility index (Phi) is 5.79. The van der Waals surface area contributed by atoms with Crippen molar-refractivity contribution in [2.24, 2.45) is 5.92 Å². The van der Waals surface area contributed by atoms with Crippen LogP contribution in [0.2, 0.25) is 0 Å². The SMILES string of the molecule is C[C@@H](CC#N)[C@H](NC(=O)Cc1c(F)cccc1F)C(=O)O. The van der Waals surface area contributed by atoms with E-state index in [4.69, 9.17) is 10.4 Å². The third kappa shape index (κ3) is 4.53. The summed E-state index contributed by atoms with van der Waals surface area (Å²) in [5, 5.41) is 19.8. The third-order valence-corrected chi connectivity index (χ3v) is 2.96. The lowest BCUT2D eigenvalue weighted by Crippen LogP contribution is -2.45. The molecule has 1 aromatic rings. The van der Waals surface area contributed by atoms with Crippen LogP contribution in [0.25, 0.3) is 0 Å². The summed E-state index contributed by atoms with van der Waals surface area (Å²) in [6.45, 7) is 1.49. The fourth-order valence-electron chi connectivity index (χ4n) is 1.80. The molecule has 0 fully saturated rings. The van der Waals surface area contributed by atoms with Crippen molar-refractivity contribution in [3.63, 3.8) is 0 Å². The van der Waals surface area contributed by atoms with Gasteiger partial charge in [-0.15, -0.1) is 0 Å². The normalized spacial score (nSPS) is 13.0. The molecule has 0 saturated carbocycles. The molecule has 0 aliphatic carbocycles. The van der Waals surface area contributed by atoms with Gasteiger partial charge in [0.1, 0.15) is 17.7 Å². The van der Waals surface area contributed by atoms with Crippen molar-refractivity contribution in [3.8, 4) is 6.07 Å². The second kappa shape index (κ2) is 7.33. The van der Waals surface area contributed by atoms with Crippen LogP contribution in [0.4, 0.5) is 8.78 Å². The van der Waals surface area contributed by atoms with E-state index in [-0.39, 0.29) is 6.42 Å². The highest BCUT2D eigenvalue weighted by Gasteiger charge is 2.27. The van der Waals surface area contributed by atoms with Crippen LogP contribution in [0.1, 0.15) is 18.9 Å². The van der Waals surface area contributed by atoms with E-state index in [1.165, 1.54) is 13.0 Å². The summed E-state index contributed by atoms with van der Waals surface area (Å²) in [5.74, 6) is -4.50. The number of benzene rings is 1. The molecule has 21 heavy (non-hydrogen) atoms. The maximum atomic E-state index is 13.4. The van der Waals surface area contributed by atoms with E-state index < -0.39 is 47.5 Å². The fraction of sp³-hybridized carbons (Fsp3) is 0.357. The van der Waals surface area contributed by atoms with Crippen LogP contribution < -0.4 is 5.32 Å². The number of nitrogens with one attached hydrogen (secondary N) is 1. The van der Waals surface area contributed by atoms with E-state index in [0.717, 1.165) is 12.1 Å². The molecular formula is C14H14F2N2O3. The molecule has 1 aromatic carbocycles. The number of halogens is 2. The van der Waals surface area contributed by atoms with Gasteiger partial charge in [0.25, 0.3) is 0 Å². The molecule has 1 amide bonds. The molecule has 0 radical (unpaired) electrons. The number of rotatable bonds is 6. The maximum absolute atomic E-state index is 13.4. The number of aliphatic carboxylic acids is 1. The van der Waals surface area contributed by atoms with E-state index in [1.54, 1.807) is 0 Å². The van der Waals surface area contributed by atoms with Gasteiger partial charge in [-0.05, 0) is 12.1 Å². The summed E-state index contributed by atoms with van der Waals surface area (Å²) in [6, 6.07) is 3.72. The quantitative estimate of drug-likeness (QED) is 0.834. The Balaban J connectivity index is 2.80. The van der Waals surface area contributed by atoms with E-state index in [2.05, 4.69) is 5.32 Å². The first kappa shape index (κ1) is 16.6. The first-order valence-corrected chi connectivity index (χ1v) is 6.18. The summed E-state index contributed by atoms with van der Waals surface area (Å²) in [7, 11) is 0. The van der Waals surface area contributed by atoms with E-state index in [1.807, 2.05) is 6.07 Å². The Morgan fingerprint density at radius 3 is 2.43 bits per heavy atom. The van der Waals surface area contributed by atoms with Gasteiger partial charge in [-0.1, -0.05) is 13.0 Å². The zero-order chi connectivity index (χ0) is 16.0. The number of hydrogen-bond donors (Lipinski definition) is 2. The van der Waals surface area contributed by atoms with Crippen LogP contribution in [0.5, 0.6) is 0 Å². The first-order chi connectivity index (χ1) is 9.86. The van der Waals surface area contributed by atoms with Crippen molar-refractivity contribution < 1.29 is 23.5 Å². The summed E-state index contributed by atoms with van der Waals surface area (Å²) >= 11 is 0. The molecule has 0 saturated heterocycles. The largest absolute Gasteiger partial charge is 0.480 e. The minimum absolute atomic E-state index is 0.0642. The lowest BCUT2D eigenvalue weighted by Gasteiger charge is -2.19. The van der Waals surface area contributed by atoms with Gasteiger partial charge in [0, 0.05) is 17.9 Å². The van der Waals surface area contributed by atoms with E-state index in [9.17, 15) is 18.4 Å². The Bertz CT molecular complexity index is 564. The molecule has 112 valence electrons. The van der Waals surface area contributed by atoms with Crippen LogP contribution in [0.3, 0.4) is 0 Å². The van der Waals surface area contributed by atoms with Gasteiger partial charge in [0.15, 0.2) is 0 Å². The van der Waals surface area contributed by atoms with Gasteiger partial charge in [-0.25, -0.2) is 13.6 Å². The minimum Gasteiger partial charge on any atom is -0.480 e. The van der Waals surface area contributed by atoms with Crippen LogP contribution in [-0.4, -0.2) is 23.0 Å². The van der Waals surface area contributed by atoms with Crippen molar-refractivity contribution >= 4 is 11.9 Å². The number of nitrogens with zero attached hydrogens (tertiary/aromatic N) is 1. The lowest BCUT2D eigenvalue weighted by atomic mass is 9.98. The lowest BCUT2D eigenvalue weighted by molar-refractivity contribution is -0.143. The predicted molar refractivity (Wildman–Crippen MR) is 69.0 cm³/mol. The third-order valence-electron chi connectivity index (χ3n) is 2.96. The molecular weight excluding hydrogens is 282 g/mol. The molecule has 1 rings (SSSR count). The second-order valence-corrected chi connectivity index (χ2v) is 4.60. The van der Waals surface area contributed by atoms with Crippen LogP contribution in [0.15, 0.2) is 18.2 Å². The topological polar surface area (TPSA) is 90.2 Å². The maximum Gasteiger partial charge on any atom is 0.326 e. The summed E-state index contributed by atoms with van der Waals surface area (Å²) in [4.78, 5) is 22.8. The number of carbonyl (C=O) groups is 2. The highest BCUT2D eigenvalue weighted by atomic mass is 19.1. The van der Waals surface area contributed by atoms with E-state index in [0.29, 0.717) is 0 Å². The van der Waals surface area contributed by atoms with Crippen LogP contribution in [0, 0.1) is 28.9 Å². The molecule has 0 aromatic heterocycles. The predicted octanol–water partition coefficient (Wildman–Crippen LogP) is 1.63. The fourth-order valence-corrected chi connectivity index (χ4v) is 1.80. The van der Waals surface area contributed by atoms with Crippen molar-refractivity contribution in [1.29, 1.82) is 5.26 Å². The van der Waals surface area contributed by atoms with Gasteiger partial charge < -0.3 is 10.4 Å². The number of amides is 1. The van der Waals surface area contributed by atoms with Gasteiger partial charge in [0.05, 0.1) is 12.5 Å². The van der Waals surface area contributed by atoms with Crippen molar-refractivity contribution in [2.45, 2.75) is 25.8 Å². The average Bonchev–Trinajstić information content (AvgIpc) is 2.40. The monoisotopic (exact) mass is 296 g/mol. The molecule has 7 heteroatoms. The molecule has 0 aliphatic rings. The number of hydrogen-bond acceptors (Lipinski definition) is 3. The van der Waals surface area contributed by atoms with Crippen LogP contribution in [-0.2, 0) is 16.0 Å². The highest BCUT2D eigenvalue weighted by Crippen LogP contribution is 2.13. The summed E-state index contributed by atoms with van der Waals surface area (Å²) in [5.41, 5.74) is -0.424. The summed E-state index contributed by atoms with van der Waals surface area (Å²) < 4.78 is 26.8. The summed E-state index contributed by atoms with van der Waals surface area (Å²) in [6.07, 6.45) is -0.674. The molecule has 0 bridgehead atoms. The molecule has 0 aliphatic heterocycles. The smallest absolute Gasteiger partial charge is 0.326 e. The van der Waals surface area contributed by atoms with Gasteiger partial charge in [-0.2, -0.15) is 5.26 Å². The van der Waals surface area contributed by atoms with E-state index >= 15 is 0 Å². The number of carbonyl (C=O) groups excluding carboxylic acids is 1. The molecule has 5 nitrogen and oxygen atoms in total. The molecule has 2 atom stereocenters. The Labute approximate surface area is 120 Å². The van der Waals surface area contributed by atoms with Gasteiger partial charge >= 0.3 is 5.97 Å². The Hall–Kier alpha value is -2.49. The molecule has 2 N–H and O–H groups in total. The van der Waals surface area contributed by atoms with Gasteiger partial charge in [-0.3, -0.25) is 4.79 Å². The standard InChI is InChI=1S/C14H14F2N2O3/c1-8(5-6-17)13(14(20)21)18-12(19)7-9-10(15)3-2-4-11(9)16/h2-4,8,13H,5,7H2,1H3,(H,18,19)(H,20,21)/t8-,13-/m0/s1. The minimum atomic E-state index is -1.31. The van der Waals surface area contributed by atoms with Crippen LogP contribution >= 0.6 is 0 Å². The number of nitriles is 1. The van der Waals surface area contributed by atoms with Crippen molar-refractivity contribution in [2.75, 3.05) is 0 Å².